The number of thiophene rings is 1. The predicted octanol–water partition coefficient (Wildman–Crippen LogP) is 1.78. The molecule has 0 saturated heterocycles. The molecular formula is C9H15NOS. The van der Waals surface area contributed by atoms with Crippen LogP contribution in [0.4, 0.5) is 0 Å². The van der Waals surface area contributed by atoms with E-state index in [9.17, 15) is 0 Å². The van der Waals surface area contributed by atoms with Crippen molar-refractivity contribution in [1.82, 2.24) is 5.32 Å². The average molecular weight is 185 g/mol. The summed E-state index contributed by atoms with van der Waals surface area (Å²) in [6.07, 6.45) is 1.87. The molecule has 68 valence electrons. The first-order valence-electron chi connectivity index (χ1n) is 4.20. The van der Waals surface area contributed by atoms with Gasteiger partial charge in [-0.05, 0) is 31.3 Å². The first-order chi connectivity index (χ1) is 5.88. The van der Waals surface area contributed by atoms with E-state index in [-0.39, 0.29) is 6.61 Å². The number of hydrogen-bond acceptors (Lipinski definition) is 3. The zero-order chi connectivity index (χ0) is 8.81. The van der Waals surface area contributed by atoms with Crippen molar-refractivity contribution in [3.05, 3.63) is 22.4 Å². The summed E-state index contributed by atoms with van der Waals surface area (Å²) in [6, 6.07) is 4.60. The van der Waals surface area contributed by atoms with Gasteiger partial charge in [-0.25, -0.2) is 0 Å². The fourth-order valence-corrected chi connectivity index (χ4v) is 2.09. The standard InChI is InChI=1S/C9H15NOS/c1-10-8(4-2-6-11)9-5-3-7-12-9/h3,5,7-8,10-11H,2,4,6H2,1H3. The topological polar surface area (TPSA) is 32.3 Å². The maximum absolute atomic E-state index is 8.68. The summed E-state index contributed by atoms with van der Waals surface area (Å²) >= 11 is 1.76. The summed E-state index contributed by atoms with van der Waals surface area (Å²) in [5, 5.41) is 14.0. The summed E-state index contributed by atoms with van der Waals surface area (Å²) in [5.41, 5.74) is 0. The molecule has 0 aromatic carbocycles. The minimum atomic E-state index is 0.281. The number of hydrogen-bond donors (Lipinski definition) is 2. The highest BCUT2D eigenvalue weighted by Crippen LogP contribution is 2.22. The second-order valence-electron chi connectivity index (χ2n) is 2.72. The summed E-state index contributed by atoms with van der Waals surface area (Å²) < 4.78 is 0. The SMILES string of the molecule is CNC(CCCO)c1cccs1. The lowest BCUT2D eigenvalue weighted by Gasteiger charge is -2.12. The molecular weight excluding hydrogens is 170 g/mol. The molecule has 0 aliphatic heterocycles. The molecule has 0 bridgehead atoms. The minimum absolute atomic E-state index is 0.281. The van der Waals surface area contributed by atoms with Gasteiger partial charge >= 0.3 is 0 Å². The van der Waals surface area contributed by atoms with Crippen LogP contribution in [0.2, 0.25) is 0 Å². The molecule has 0 amide bonds. The van der Waals surface area contributed by atoms with Gasteiger partial charge < -0.3 is 10.4 Å². The van der Waals surface area contributed by atoms with Crippen LogP contribution in [-0.2, 0) is 0 Å². The van der Waals surface area contributed by atoms with Gasteiger partial charge in [-0.15, -0.1) is 11.3 Å². The van der Waals surface area contributed by atoms with Crippen molar-refractivity contribution in [1.29, 1.82) is 0 Å². The smallest absolute Gasteiger partial charge is 0.0431 e. The van der Waals surface area contributed by atoms with Gasteiger partial charge in [0, 0.05) is 17.5 Å². The number of nitrogens with one attached hydrogen (secondary N) is 1. The van der Waals surface area contributed by atoms with Crippen LogP contribution in [0.15, 0.2) is 17.5 Å². The molecule has 1 heterocycles. The van der Waals surface area contributed by atoms with E-state index >= 15 is 0 Å². The minimum Gasteiger partial charge on any atom is -0.396 e. The maximum atomic E-state index is 8.68. The quantitative estimate of drug-likeness (QED) is 0.733. The van der Waals surface area contributed by atoms with Gasteiger partial charge in [0.2, 0.25) is 0 Å². The molecule has 0 aliphatic rings. The van der Waals surface area contributed by atoms with Crippen LogP contribution in [0.1, 0.15) is 23.8 Å². The van der Waals surface area contributed by atoms with E-state index in [1.807, 2.05) is 7.05 Å². The molecule has 1 rings (SSSR count). The molecule has 0 spiro atoms. The van der Waals surface area contributed by atoms with Gasteiger partial charge in [-0.1, -0.05) is 6.07 Å². The largest absolute Gasteiger partial charge is 0.396 e. The van der Waals surface area contributed by atoms with Crippen molar-refractivity contribution in [3.63, 3.8) is 0 Å². The molecule has 0 radical (unpaired) electrons. The molecule has 3 heteroatoms. The van der Waals surface area contributed by atoms with Gasteiger partial charge in [0.15, 0.2) is 0 Å². The van der Waals surface area contributed by atoms with Crippen molar-refractivity contribution >= 4 is 11.3 Å². The Morgan fingerprint density at radius 1 is 1.67 bits per heavy atom. The van der Waals surface area contributed by atoms with E-state index in [0.29, 0.717) is 6.04 Å². The van der Waals surface area contributed by atoms with Crippen LogP contribution in [0.25, 0.3) is 0 Å². The van der Waals surface area contributed by atoms with Crippen LogP contribution in [0.5, 0.6) is 0 Å². The van der Waals surface area contributed by atoms with Gasteiger partial charge in [-0.3, -0.25) is 0 Å². The Labute approximate surface area is 77.2 Å². The van der Waals surface area contributed by atoms with E-state index in [2.05, 4.69) is 22.8 Å². The molecule has 12 heavy (non-hydrogen) atoms. The lowest BCUT2D eigenvalue weighted by molar-refractivity contribution is 0.277. The van der Waals surface area contributed by atoms with Gasteiger partial charge in [-0.2, -0.15) is 0 Å². The number of aliphatic hydroxyl groups is 1. The second-order valence-corrected chi connectivity index (χ2v) is 3.70. The zero-order valence-electron chi connectivity index (χ0n) is 7.29. The zero-order valence-corrected chi connectivity index (χ0v) is 8.10. The van der Waals surface area contributed by atoms with Gasteiger partial charge in [0.25, 0.3) is 0 Å². The van der Waals surface area contributed by atoms with Crippen molar-refractivity contribution < 1.29 is 5.11 Å². The number of aliphatic hydroxyl groups excluding tert-OH is 1. The molecule has 1 unspecified atom stereocenters. The van der Waals surface area contributed by atoms with Crippen molar-refractivity contribution in [2.24, 2.45) is 0 Å². The lowest BCUT2D eigenvalue weighted by Crippen LogP contribution is -2.15. The summed E-state index contributed by atoms with van der Waals surface area (Å²) in [7, 11) is 1.96. The Kier molecular flexibility index (Phi) is 4.29. The van der Waals surface area contributed by atoms with Gasteiger partial charge in [0.1, 0.15) is 0 Å². The van der Waals surface area contributed by atoms with Crippen LogP contribution in [-0.4, -0.2) is 18.8 Å². The van der Waals surface area contributed by atoms with Crippen LogP contribution in [0.3, 0.4) is 0 Å². The van der Waals surface area contributed by atoms with E-state index in [4.69, 9.17) is 5.11 Å². The van der Waals surface area contributed by atoms with Crippen molar-refractivity contribution in [3.8, 4) is 0 Å². The van der Waals surface area contributed by atoms with E-state index in [1.54, 1.807) is 11.3 Å². The van der Waals surface area contributed by atoms with Crippen molar-refractivity contribution in [2.75, 3.05) is 13.7 Å². The van der Waals surface area contributed by atoms with E-state index in [0.717, 1.165) is 12.8 Å². The second kappa shape index (κ2) is 5.30. The average Bonchev–Trinajstić information content (AvgIpc) is 2.59. The molecule has 2 nitrogen and oxygen atoms in total. The summed E-state index contributed by atoms with van der Waals surface area (Å²) in [6.45, 7) is 0.281. The summed E-state index contributed by atoms with van der Waals surface area (Å²) in [5.74, 6) is 0. The number of rotatable bonds is 5. The third-order valence-electron chi connectivity index (χ3n) is 1.89. The fraction of sp³-hybridized carbons (Fsp3) is 0.556. The van der Waals surface area contributed by atoms with Crippen LogP contribution < -0.4 is 5.32 Å². The predicted molar refractivity (Wildman–Crippen MR) is 52.4 cm³/mol. The lowest BCUT2D eigenvalue weighted by atomic mass is 10.1. The first-order valence-corrected chi connectivity index (χ1v) is 5.08. The maximum Gasteiger partial charge on any atom is 0.0431 e. The Balaban J connectivity index is 2.45. The molecule has 2 N–H and O–H groups in total. The van der Waals surface area contributed by atoms with Crippen molar-refractivity contribution in [2.45, 2.75) is 18.9 Å². The third-order valence-corrected chi connectivity index (χ3v) is 2.87. The van der Waals surface area contributed by atoms with E-state index in [1.165, 1.54) is 4.88 Å². The monoisotopic (exact) mass is 185 g/mol. The molecule has 1 aromatic rings. The Morgan fingerprint density at radius 3 is 3.00 bits per heavy atom. The van der Waals surface area contributed by atoms with Gasteiger partial charge in [0.05, 0.1) is 0 Å². The molecule has 0 fully saturated rings. The molecule has 1 atom stereocenters. The summed E-state index contributed by atoms with van der Waals surface area (Å²) in [4.78, 5) is 1.35. The highest BCUT2D eigenvalue weighted by molar-refractivity contribution is 7.10. The van der Waals surface area contributed by atoms with Crippen LogP contribution >= 0.6 is 11.3 Å². The third kappa shape index (κ3) is 2.59. The Morgan fingerprint density at radius 2 is 2.50 bits per heavy atom. The first kappa shape index (κ1) is 9.71. The molecule has 1 aromatic heterocycles. The Bertz CT molecular complexity index is 198. The van der Waals surface area contributed by atoms with Crippen LogP contribution in [0, 0.1) is 0 Å². The fourth-order valence-electron chi connectivity index (χ4n) is 1.21. The Hall–Kier alpha value is -0.380. The highest BCUT2D eigenvalue weighted by Gasteiger charge is 2.08. The van der Waals surface area contributed by atoms with E-state index < -0.39 is 0 Å². The highest BCUT2D eigenvalue weighted by atomic mass is 32.1. The molecule has 0 aliphatic carbocycles. The molecule has 0 saturated carbocycles. The normalized spacial score (nSPS) is 13.2.